The van der Waals surface area contributed by atoms with E-state index in [1.165, 1.54) is 25.9 Å². The summed E-state index contributed by atoms with van der Waals surface area (Å²) in [5.74, 6) is 1.46. The summed E-state index contributed by atoms with van der Waals surface area (Å²) in [4.78, 5) is 7.06. The number of aromatic nitrogens is 1. The van der Waals surface area contributed by atoms with Gasteiger partial charge in [0.25, 0.3) is 0 Å². The highest BCUT2D eigenvalue weighted by Gasteiger charge is 2.23. The zero-order chi connectivity index (χ0) is 12.1. The van der Waals surface area contributed by atoms with Crippen molar-refractivity contribution in [1.29, 1.82) is 0 Å². The Morgan fingerprint density at radius 2 is 2.24 bits per heavy atom. The Morgan fingerprint density at radius 3 is 2.88 bits per heavy atom. The molecule has 0 amide bonds. The van der Waals surface area contributed by atoms with Crippen LogP contribution in [-0.2, 0) is 6.42 Å². The summed E-state index contributed by atoms with van der Waals surface area (Å²) in [7, 11) is 0. The molecule has 1 aliphatic rings. The highest BCUT2D eigenvalue weighted by atomic mass is 16.3. The Labute approximate surface area is 103 Å². The number of nitrogens with two attached hydrogens (primary N) is 1. The summed E-state index contributed by atoms with van der Waals surface area (Å²) in [6, 6.07) is 0. The number of aryl methyl sites for hydroxylation is 1. The molecule has 0 atom stereocenters. The Hall–Kier alpha value is -0.870. The van der Waals surface area contributed by atoms with E-state index < -0.39 is 0 Å². The summed E-state index contributed by atoms with van der Waals surface area (Å²) in [5.41, 5.74) is 6.55. The number of piperidine rings is 1. The summed E-state index contributed by atoms with van der Waals surface area (Å²) >= 11 is 0. The maximum atomic E-state index is 5.60. The lowest BCUT2D eigenvalue weighted by atomic mass is 9.97. The van der Waals surface area contributed by atoms with Crippen molar-refractivity contribution in [1.82, 2.24) is 9.88 Å². The summed E-state index contributed by atoms with van der Waals surface area (Å²) in [5, 5.41) is 0. The van der Waals surface area contributed by atoms with Crippen molar-refractivity contribution in [2.45, 2.75) is 38.5 Å². The average molecular weight is 237 g/mol. The fourth-order valence-electron chi connectivity index (χ4n) is 2.40. The minimum absolute atomic E-state index is 0.518. The van der Waals surface area contributed by atoms with Gasteiger partial charge in [-0.25, -0.2) is 4.98 Å². The van der Waals surface area contributed by atoms with Crippen LogP contribution < -0.4 is 5.73 Å². The first-order chi connectivity index (χ1) is 8.33. The van der Waals surface area contributed by atoms with E-state index in [2.05, 4.69) is 16.8 Å². The molecule has 4 heteroatoms. The maximum Gasteiger partial charge on any atom is 0.197 e. The monoisotopic (exact) mass is 237 g/mol. The van der Waals surface area contributed by atoms with Crippen LogP contribution in [0.4, 0.5) is 0 Å². The Balaban J connectivity index is 1.87. The van der Waals surface area contributed by atoms with E-state index in [0.717, 1.165) is 37.5 Å². The topological polar surface area (TPSA) is 55.3 Å². The lowest BCUT2D eigenvalue weighted by Crippen LogP contribution is -2.32. The van der Waals surface area contributed by atoms with E-state index >= 15 is 0 Å². The second kappa shape index (κ2) is 6.17. The van der Waals surface area contributed by atoms with E-state index in [1.54, 1.807) is 6.26 Å². The molecule has 0 bridgehead atoms. The Kier molecular flexibility index (Phi) is 4.57. The van der Waals surface area contributed by atoms with E-state index in [4.69, 9.17) is 10.2 Å². The highest BCUT2D eigenvalue weighted by Crippen LogP contribution is 2.27. The van der Waals surface area contributed by atoms with Gasteiger partial charge < -0.3 is 15.1 Å². The minimum Gasteiger partial charge on any atom is -0.448 e. The minimum atomic E-state index is 0.518. The van der Waals surface area contributed by atoms with Crippen molar-refractivity contribution in [3.05, 3.63) is 17.8 Å². The Bertz CT molecular complexity index is 329. The lowest BCUT2D eigenvalue weighted by molar-refractivity contribution is 0.208. The molecule has 0 aromatic carbocycles. The van der Waals surface area contributed by atoms with Crippen LogP contribution in [0.25, 0.3) is 0 Å². The van der Waals surface area contributed by atoms with Crippen LogP contribution in [0.15, 0.2) is 10.7 Å². The molecule has 0 spiro atoms. The van der Waals surface area contributed by atoms with E-state index in [0.29, 0.717) is 5.92 Å². The van der Waals surface area contributed by atoms with Gasteiger partial charge in [-0.2, -0.15) is 0 Å². The van der Waals surface area contributed by atoms with Gasteiger partial charge in [-0.3, -0.25) is 0 Å². The fourth-order valence-corrected chi connectivity index (χ4v) is 2.40. The predicted molar refractivity (Wildman–Crippen MR) is 68.0 cm³/mol. The first kappa shape index (κ1) is 12.6. The zero-order valence-electron chi connectivity index (χ0n) is 10.7. The summed E-state index contributed by atoms with van der Waals surface area (Å²) in [6.45, 7) is 6.43. The molecule has 1 aromatic rings. The highest BCUT2D eigenvalue weighted by molar-refractivity contribution is 5.02. The molecule has 4 nitrogen and oxygen atoms in total. The standard InChI is InChI=1S/C13H23N3O/c1-2-16-8-5-11(6-9-16)13-15-12(10-17-13)4-3-7-14/h10-11H,2-9,14H2,1H3. The third kappa shape index (κ3) is 3.30. The molecule has 2 rings (SSSR count). The summed E-state index contributed by atoms with van der Waals surface area (Å²) in [6.07, 6.45) is 6.07. The second-order valence-electron chi connectivity index (χ2n) is 4.78. The molecule has 2 heterocycles. The molecule has 1 saturated heterocycles. The molecule has 96 valence electrons. The average Bonchev–Trinajstić information content (AvgIpc) is 2.85. The molecular weight excluding hydrogens is 214 g/mol. The first-order valence-electron chi connectivity index (χ1n) is 6.70. The van der Waals surface area contributed by atoms with Crippen LogP contribution in [0.3, 0.4) is 0 Å². The zero-order valence-corrected chi connectivity index (χ0v) is 10.7. The number of rotatable bonds is 5. The molecule has 0 unspecified atom stereocenters. The van der Waals surface area contributed by atoms with Crippen molar-refractivity contribution in [3.63, 3.8) is 0 Å². The van der Waals surface area contributed by atoms with Crippen molar-refractivity contribution in [2.75, 3.05) is 26.2 Å². The third-order valence-corrected chi connectivity index (χ3v) is 3.59. The second-order valence-corrected chi connectivity index (χ2v) is 4.78. The van der Waals surface area contributed by atoms with Gasteiger partial charge in [-0.1, -0.05) is 6.92 Å². The Morgan fingerprint density at radius 1 is 1.47 bits per heavy atom. The maximum absolute atomic E-state index is 5.60. The van der Waals surface area contributed by atoms with Crippen LogP contribution in [0.1, 0.15) is 43.7 Å². The van der Waals surface area contributed by atoms with Gasteiger partial charge in [0, 0.05) is 5.92 Å². The van der Waals surface area contributed by atoms with Gasteiger partial charge in [0.15, 0.2) is 5.89 Å². The van der Waals surface area contributed by atoms with E-state index in [1.807, 2.05) is 0 Å². The summed E-state index contributed by atoms with van der Waals surface area (Å²) < 4.78 is 5.60. The molecule has 1 fully saturated rings. The molecule has 0 saturated carbocycles. The molecule has 2 N–H and O–H groups in total. The van der Waals surface area contributed by atoms with Gasteiger partial charge in [0.1, 0.15) is 6.26 Å². The number of likely N-dealkylation sites (tertiary alicyclic amines) is 1. The molecule has 17 heavy (non-hydrogen) atoms. The largest absolute Gasteiger partial charge is 0.448 e. The normalized spacial score (nSPS) is 18.7. The lowest BCUT2D eigenvalue weighted by Gasteiger charge is -2.29. The van der Waals surface area contributed by atoms with Gasteiger partial charge >= 0.3 is 0 Å². The van der Waals surface area contributed by atoms with Gasteiger partial charge in [-0.05, 0) is 51.9 Å². The van der Waals surface area contributed by atoms with Gasteiger partial charge in [0.2, 0.25) is 0 Å². The number of nitrogens with zero attached hydrogens (tertiary/aromatic N) is 2. The molecule has 1 aliphatic heterocycles. The van der Waals surface area contributed by atoms with Crippen molar-refractivity contribution >= 4 is 0 Å². The predicted octanol–water partition coefficient (Wildman–Crippen LogP) is 1.77. The first-order valence-corrected chi connectivity index (χ1v) is 6.70. The van der Waals surface area contributed by atoms with Gasteiger partial charge in [-0.15, -0.1) is 0 Å². The number of hydrogen-bond acceptors (Lipinski definition) is 4. The van der Waals surface area contributed by atoms with E-state index in [-0.39, 0.29) is 0 Å². The number of hydrogen-bond donors (Lipinski definition) is 1. The van der Waals surface area contributed by atoms with Crippen LogP contribution >= 0.6 is 0 Å². The van der Waals surface area contributed by atoms with E-state index in [9.17, 15) is 0 Å². The SMILES string of the molecule is CCN1CCC(c2nc(CCCN)co2)CC1. The molecule has 0 aliphatic carbocycles. The molecule has 1 aromatic heterocycles. The van der Waals surface area contributed by atoms with Crippen LogP contribution in [-0.4, -0.2) is 36.1 Å². The van der Waals surface area contributed by atoms with Gasteiger partial charge in [0.05, 0.1) is 5.69 Å². The van der Waals surface area contributed by atoms with Crippen molar-refractivity contribution in [2.24, 2.45) is 5.73 Å². The van der Waals surface area contributed by atoms with Crippen LogP contribution in [0.5, 0.6) is 0 Å². The van der Waals surface area contributed by atoms with Crippen LogP contribution in [0.2, 0.25) is 0 Å². The number of oxazole rings is 1. The van der Waals surface area contributed by atoms with Crippen LogP contribution in [0, 0.1) is 0 Å². The fraction of sp³-hybridized carbons (Fsp3) is 0.769. The van der Waals surface area contributed by atoms with Crippen molar-refractivity contribution in [3.8, 4) is 0 Å². The molecular formula is C13H23N3O. The van der Waals surface area contributed by atoms with Crippen molar-refractivity contribution < 1.29 is 4.42 Å². The third-order valence-electron chi connectivity index (χ3n) is 3.59. The quantitative estimate of drug-likeness (QED) is 0.848. The molecule has 0 radical (unpaired) electrons. The smallest absolute Gasteiger partial charge is 0.197 e.